The normalized spacial score (nSPS) is 31.6. The Labute approximate surface area is 103 Å². The van der Waals surface area contributed by atoms with Crippen molar-refractivity contribution in [1.29, 1.82) is 0 Å². The van der Waals surface area contributed by atoms with E-state index in [1.54, 1.807) is 6.92 Å². The topological polar surface area (TPSA) is 38.7 Å². The van der Waals surface area contributed by atoms with Gasteiger partial charge in [0.2, 0.25) is 0 Å². The van der Waals surface area contributed by atoms with Gasteiger partial charge in [0.25, 0.3) is 0 Å². The number of hydrogen-bond donors (Lipinski definition) is 0. The minimum Gasteiger partial charge on any atom is -0.467 e. The van der Waals surface area contributed by atoms with Gasteiger partial charge in [0.1, 0.15) is 6.04 Å². The van der Waals surface area contributed by atoms with Gasteiger partial charge in [0.15, 0.2) is 0 Å². The second-order valence-corrected chi connectivity index (χ2v) is 5.72. The van der Waals surface area contributed by atoms with Crippen molar-refractivity contribution in [2.45, 2.75) is 39.7 Å². The number of nitrogens with zero attached hydrogens (tertiary/aromatic N) is 1. The minimum atomic E-state index is -0.401. The number of ether oxygens (including phenoxy) is 1. The Kier molecular flexibility index (Phi) is 3.11. The molecule has 3 rings (SSSR count). The highest BCUT2D eigenvalue weighted by Crippen LogP contribution is 2.58. The third kappa shape index (κ3) is 2.03. The van der Waals surface area contributed by atoms with Crippen LogP contribution in [0.5, 0.6) is 0 Å². The maximum Gasteiger partial charge on any atom is 0.330 e. The second kappa shape index (κ2) is 4.28. The minimum absolute atomic E-state index is 0.275. The van der Waals surface area contributed by atoms with Crippen LogP contribution in [0.15, 0.2) is 16.6 Å². The molecule has 17 heavy (non-hydrogen) atoms. The summed E-state index contributed by atoms with van der Waals surface area (Å²) in [5, 5.41) is 0. The molecule has 1 fully saturated rings. The van der Waals surface area contributed by atoms with Crippen molar-refractivity contribution in [2.24, 2.45) is 22.2 Å². The van der Waals surface area contributed by atoms with Gasteiger partial charge in [-0.25, -0.2) is 4.79 Å². The lowest BCUT2D eigenvalue weighted by Gasteiger charge is -2.55. The summed E-state index contributed by atoms with van der Waals surface area (Å²) in [6.07, 6.45) is 6.58. The van der Waals surface area contributed by atoms with Gasteiger partial charge < -0.3 is 4.74 Å². The Morgan fingerprint density at radius 1 is 1.65 bits per heavy atom. The quantitative estimate of drug-likeness (QED) is 0.557. The van der Waals surface area contributed by atoms with Crippen LogP contribution >= 0.6 is 0 Å². The first-order valence-electron chi connectivity index (χ1n) is 6.28. The molecule has 0 amide bonds. The second-order valence-electron chi connectivity index (χ2n) is 5.72. The van der Waals surface area contributed by atoms with E-state index in [0.717, 1.165) is 12.3 Å². The summed E-state index contributed by atoms with van der Waals surface area (Å²) in [6.45, 7) is 6.42. The van der Waals surface area contributed by atoms with Crippen molar-refractivity contribution in [1.82, 2.24) is 0 Å². The number of carbonyl (C=O) groups is 1. The predicted molar refractivity (Wildman–Crippen MR) is 68.0 cm³/mol. The van der Waals surface area contributed by atoms with Crippen LogP contribution in [-0.4, -0.2) is 25.3 Å². The highest BCUT2D eigenvalue weighted by atomic mass is 16.5. The molecule has 0 saturated heterocycles. The Morgan fingerprint density at radius 2 is 2.35 bits per heavy atom. The maximum atomic E-state index is 11.2. The highest BCUT2D eigenvalue weighted by molar-refractivity contribution is 5.84. The molecule has 94 valence electrons. The van der Waals surface area contributed by atoms with Crippen LogP contribution in [0.1, 0.15) is 33.6 Å². The predicted octanol–water partition coefficient (Wildman–Crippen LogP) is 2.61. The number of allylic oxidation sites excluding steroid dienone is 2. The number of hydrogen-bond acceptors (Lipinski definition) is 3. The molecule has 3 aliphatic rings. The molecule has 1 unspecified atom stereocenters. The average Bonchev–Trinajstić information content (AvgIpc) is 2.34. The first-order valence-corrected chi connectivity index (χ1v) is 6.28. The number of methoxy groups -OCH3 is 1. The highest BCUT2D eigenvalue weighted by Gasteiger charge is 2.50. The van der Waals surface area contributed by atoms with E-state index < -0.39 is 6.04 Å². The van der Waals surface area contributed by atoms with E-state index in [9.17, 15) is 4.79 Å². The van der Waals surface area contributed by atoms with Crippen LogP contribution in [0.4, 0.5) is 0 Å². The molecule has 2 bridgehead atoms. The Bertz CT molecular complexity index is 382. The molecular formula is C14H21NO2. The zero-order valence-corrected chi connectivity index (χ0v) is 11.1. The van der Waals surface area contributed by atoms with E-state index in [0.29, 0.717) is 11.3 Å². The van der Waals surface area contributed by atoms with E-state index in [1.807, 2.05) is 6.21 Å². The Hall–Kier alpha value is -1.12. The van der Waals surface area contributed by atoms with Crippen molar-refractivity contribution in [3.05, 3.63) is 11.6 Å². The summed E-state index contributed by atoms with van der Waals surface area (Å²) in [5.74, 6) is 1.18. The van der Waals surface area contributed by atoms with Crippen molar-refractivity contribution < 1.29 is 9.53 Å². The van der Waals surface area contributed by atoms with Crippen LogP contribution in [0.25, 0.3) is 0 Å². The molecule has 0 spiro atoms. The summed E-state index contributed by atoms with van der Waals surface area (Å²) in [6, 6.07) is -0.401. The van der Waals surface area contributed by atoms with Crippen LogP contribution in [0.3, 0.4) is 0 Å². The fourth-order valence-corrected chi connectivity index (χ4v) is 2.97. The van der Waals surface area contributed by atoms with Crippen LogP contribution < -0.4 is 0 Å². The summed E-state index contributed by atoms with van der Waals surface area (Å²) in [7, 11) is 1.40. The fourth-order valence-electron chi connectivity index (χ4n) is 2.97. The van der Waals surface area contributed by atoms with E-state index in [4.69, 9.17) is 0 Å². The smallest absolute Gasteiger partial charge is 0.330 e. The first-order chi connectivity index (χ1) is 7.96. The number of carbonyl (C=O) groups excluding carboxylic acids is 1. The molecule has 3 aliphatic carbocycles. The molecule has 0 aliphatic heterocycles. The third-order valence-corrected chi connectivity index (χ3v) is 4.50. The first kappa shape index (κ1) is 12.3. The number of esters is 1. The molecule has 0 heterocycles. The summed E-state index contributed by atoms with van der Waals surface area (Å²) in [4.78, 5) is 15.5. The zero-order valence-electron chi connectivity index (χ0n) is 11.1. The molecule has 0 aromatic carbocycles. The lowest BCUT2D eigenvalue weighted by atomic mass is 9.49. The van der Waals surface area contributed by atoms with Gasteiger partial charge in [-0.2, -0.15) is 0 Å². The van der Waals surface area contributed by atoms with Gasteiger partial charge in [0.05, 0.1) is 7.11 Å². The summed E-state index contributed by atoms with van der Waals surface area (Å²) in [5.41, 5.74) is 1.71. The van der Waals surface area contributed by atoms with E-state index >= 15 is 0 Å². The molecule has 0 aromatic rings. The van der Waals surface area contributed by atoms with Gasteiger partial charge in [-0.15, -0.1) is 0 Å². The van der Waals surface area contributed by atoms with Gasteiger partial charge in [-0.1, -0.05) is 19.9 Å². The fraction of sp³-hybridized carbons (Fsp3) is 0.714. The molecule has 0 N–H and O–H groups in total. The maximum absolute atomic E-state index is 11.2. The van der Waals surface area contributed by atoms with Crippen molar-refractivity contribution >= 4 is 12.2 Å². The monoisotopic (exact) mass is 235 g/mol. The standard InChI is InChI=1S/C14H21NO2/c1-9(13(16)17-4)15-8-10-5-6-11-7-12(10)14(11,2)3/h5,8-9,11-12H,6-7H2,1-4H3/t9?,11-,12-/m0/s1. The summed E-state index contributed by atoms with van der Waals surface area (Å²) >= 11 is 0. The van der Waals surface area contributed by atoms with Crippen molar-refractivity contribution in [3.63, 3.8) is 0 Å². The molecule has 0 aromatic heterocycles. The van der Waals surface area contributed by atoms with Gasteiger partial charge in [0, 0.05) is 6.21 Å². The average molecular weight is 235 g/mol. The van der Waals surface area contributed by atoms with E-state index in [-0.39, 0.29) is 5.97 Å². The Balaban J connectivity index is 2.03. The molecule has 1 saturated carbocycles. The van der Waals surface area contributed by atoms with Crippen LogP contribution in [0, 0.1) is 17.3 Å². The number of aliphatic imine (C=N–C) groups is 1. The number of rotatable bonds is 3. The van der Waals surface area contributed by atoms with Crippen LogP contribution in [-0.2, 0) is 9.53 Å². The van der Waals surface area contributed by atoms with Gasteiger partial charge in [-0.3, -0.25) is 4.99 Å². The van der Waals surface area contributed by atoms with E-state index in [1.165, 1.54) is 19.1 Å². The molecule has 3 heteroatoms. The molecule has 0 radical (unpaired) electrons. The molecular weight excluding hydrogens is 214 g/mol. The lowest BCUT2D eigenvalue weighted by molar-refractivity contribution is -0.141. The Morgan fingerprint density at radius 3 is 2.88 bits per heavy atom. The van der Waals surface area contributed by atoms with Crippen molar-refractivity contribution in [3.8, 4) is 0 Å². The largest absolute Gasteiger partial charge is 0.467 e. The lowest BCUT2D eigenvalue weighted by Crippen LogP contribution is -2.48. The van der Waals surface area contributed by atoms with E-state index in [2.05, 4.69) is 29.7 Å². The van der Waals surface area contributed by atoms with Crippen LogP contribution in [0.2, 0.25) is 0 Å². The zero-order chi connectivity index (χ0) is 12.6. The summed E-state index contributed by atoms with van der Waals surface area (Å²) < 4.78 is 4.66. The van der Waals surface area contributed by atoms with Gasteiger partial charge >= 0.3 is 5.97 Å². The molecule has 3 nitrogen and oxygen atoms in total. The SMILES string of the molecule is COC(=O)C(C)N=CC1=CC[C@H]2C[C@@H]1C2(C)C. The van der Waals surface area contributed by atoms with Crippen molar-refractivity contribution in [2.75, 3.05) is 7.11 Å². The molecule has 3 atom stereocenters. The van der Waals surface area contributed by atoms with Gasteiger partial charge in [-0.05, 0) is 42.6 Å². The third-order valence-electron chi connectivity index (χ3n) is 4.50. The number of fused-ring (bicyclic) bond motifs is 1.